The maximum Gasteiger partial charge on any atom is 0.216 e. The Balaban J connectivity index is 1.73. The van der Waals surface area contributed by atoms with Gasteiger partial charge in [-0.3, -0.25) is 4.79 Å². The van der Waals surface area contributed by atoms with Gasteiger partial charge in [0.2, 0.25) is 5.91 Å². The van der Waals surface area contributed by atoms with Crippen LogP contribution in [0.5, 0.6) is 0 Å². The Labute approximate surface area is 177 Å². The summed E-state index contributed by atoms with van der Waals surface area (Å²) in [6.45, 7) is 6.76. The molecule has 0 aliphatic heterocycles. The molecule has 0 bridgehead atoms. The average Bonchev–Trinajstić information content (AvgIpc) is 3.17. The normalized spacial score (nSPS) is 28.4. The van der Waals surface area contributed by atoms with Crippen LogP contribution in [-0.2, 0) is 4.79 Å². The van der Waals surface area contributed by atoms with Gasteiger partial charge in [0.25, 0.3) is 0 Å². The predicted octanol–water partition coefficient (Wildman–Crippen LogP) is 4.76. The number of aliphatic hydroxyl groups excluding tert-OH is 2. The van der Waals surface area contributed by atoms with Crippen molar-refractivity contribution in [3.8, 4) is 0 Å². The van der Waals surface area contributed by atoms with E-state index in [1.165, 1.54) is 25.7 Å². The predicted molar refractivity (Wildman–Crippen MR) is 119 cm³/mol. The van der Waals surface area contributed by atoms with Gasteiger partial charge in [0, 0.05) is 19.4 Å². The summed E-state index contributed by atoms with van der Waals surface area (Å²) in [7, 11) is 0. The minimum Gasteiger partial charge on any atom is -0.392 e. The molecule has 2 aliphatic rings. The van der Waals surface area contributed by atoms with Gasteiger partial charge < -0.3 is 15.5 Å². The molecule has 1 fully saturated rings. The number of nitrogens with one attached hydrogen (secondary N) is 1. The molecule has 0 aromatic carbocycles. The van der Waals surface area contributed by atoms with Crippen LogP contribution >= 0.6 is 0 Å². The highest BCUT2D eigenvalue weighted by molar-refractivity contribution is 5.72. The molecule has 2 aliphatic carbocycles. The standard InChI is InChI=1S/C25H43NO3/c1-4-5-9-18(2)14-22(28)11-12-23-24-16-20(15-21(24)17-25(23)29)10-7-6-8-13-26-19(3)27/h11-12,15,18,21-25,28-29H,4-10,13-14,16-17H2,1-3H3,(H,26,27)/b12-11+/t18-,21?,22+,23+,24-,25+/m0/s1. The van der Waals surface area contributed by atoms with E-state index in [-0.39, 0.29) is 17.9 Å². The molecule has 1 unspecified atom stereocenters. The smallest absolute Gasteiger partial charge is 0.216 e. The Morgan fingerprint density at radius 2 is 2.10 bits per heavy atom. The molecule has 4 heteroatoms. The number of unbranched alkanes of at least 4 members (excludes halogenated alkanes) is 3. The Bertz CT molecular complexity index is 556. The van der Waals surface area contributed by atoms with Gasteiger partial charge in [-0.1, -0.05) is 63.3 Å². The molecule has 2 rings (SSSR count). The summed E-state index contributed by atoms with van der Waals surface area (Å²) in [6, 6.07) is 0. The Morgan fingerprint density at radius 3 is 2.83 bits per heavy atom. The van der Waals surface area contributed by atoms with Gasteiger partial charge >= 0.3 is 0 Å². The maximum atomic E-state index is 10.9. The van der Waals surface area contributed by atoms with E-state index in [4.69, 9.17) is 0 Å². The summed E-state index contributed by atoms with van der Waals surface area (Å²) >= 11 is 0. The van der Waals surface area contributed by atoms with Crippen LogP contribution in [0.2, 0.25) is 0 Å². The van der Waals surface area contributed by atoms with Crippen LogP contribution in [0.15, 0.2) is 23.8 Å². The van der Waals surface area contributed by atoms with Crippen molar-refractivity contribution >= 4 is 5.91 Å². The lowest BCUT2D eigenvalue weighted by molar-refractivity contribution is -0.118. The SMILES string of the molecule is CCCC[C@H](C)C[C@H](O)/C=C/[C@H]1[C@H](O)CC2C=C(CCCCCNC(C)=O)C[C@@H]21. The fourth-order valence-electron chi connectivity index (χ4n) is 5.13. The fraction of sp³-hybridized carbons (Fsp3) is 0.800. The molecule has 1 amide bonds. The summed E-state index contributed by atoms with van der Waals surface area (Å²) in [4.78, 5) is 10.9. The monoisotopic (exact) mass is 405 g/mol. The summed E-state index contributed by atoms with van der Waals surface area (Å²) in [5.41, 5.74) is 1.54. The second-order valence-corrected chi connectivity index (χ2v) is 9.47. The third-order valence-electron chi connectivity index (χ3n) is 6.75. The van der Waals surface area contributed by atoms with Crippen molar-refractivity contribution in [2.45, 2.75) is 97.2 Å². The second-order valence-electron chi connectivity index (χ2n) is 9.47. The lowest BCUT2D eigenvalue weighted by atomic mass is 9.88. The van der Waals surface area contributed by atoms with Gasteiger partial charge in [-0.15, -0.1) is 0 Å². The van der Waals surface area contributed by atoms with Crippen LogP contribution in [0.3, 0.4) is 0 Å². The van der Waals surface area contributed by atoms with Crippen LogP contribution in [0, 0.1) is 23.7 Å². The summed E-state index contributed by atoms with van der Waals surface area (Å²) in [5.74, 6) is 1.76. The van der Waals surface area contributed by atoms with Crippen LogP contribution in [0.25, 0.3) is 0 Å². The number of aliphatic hydroxyl groups is 2. The molecule has 6 atom stereocenters. The first-order valence-electron chi connectivity index (χ1n) is 11.9. The van der Waals surface area contributed by atoms with E-state index in [0.717, 1.165) is 45.1 Å². The number of carbonyl (C=O) groups is 1. The van der Waals surface area contributed by atoms with Crippen LogP contribution in [0.1, 0.15) is 85.0 Å². The first kappa shape index (κ1) is 24.1. The van der Waals surface area contributed by atoms with Gasteiger partial charge in [-0.2, -0.15) is 0 Å². The van der Waals surface area contributed by atoms with Gasteiger partial charge in [0.15, 0.2) is 0 Å². The van der Waals surface area contributed by atoms with Crippen LogP contribution < -0.4 is 5.32 Å². The number of carbonyl (C=O) groups excluding carboxylic acids is 1. The van der Waals surface area contributed by atoms with Crippen molar-refractivity contribution in [3.63, 3.8) is 0 Å². The number of amides is 1. The summed E-state index contributed by atoms with van der Waals surface area (Å²) in [6.07, 6.45) is 16.6. The van der Waals surface area contributed by atoms with E-state index in [0.29, 0.717) is 17.8 Å². The third kappa shape index (κ3) is 8.25. The number of hydrogen-bond donors (Lipinski definition) is 3. The lowest BCUT2D eigenvalue weighted by Crippen LogP contribution is -2.20. The van der Waals surface area contributed by atoms with E-state index in [1.54, 1.807) is 12.5 Å². The van der Waals surface area contributed by atoms with Crippen LogP contribution in [0.4, 0.5) is 0 Å². The Morgan fingerprint density at radius 1 is 1.31 bits per heavy atom. The first-order chi connectivity index (χ1) is 13.9. The fourth-order valence-corrected chi connectivity index (χ4v) is 5.13. The quantitative estimate of drug-likeness (QED) is 0.306. The maximum absolute atomic E-state index is 10.9. The van der Waals surface area contributed by atoms with E-state index in [1.807, 2.05) is 6.08 Å². The van der Waals surface area contributed by atoms with Crippen LogP contribution in [-0.4, -0.2) is 34.9 Å². The van der Waals surface area contributed by atoms with Crippen molar-refractivity contribution in [3.05, 3.63) is 23.8 Å². The largest absolute Gasteiger partial charge is 0.392 e. The zero-order chi connectivity index (χ0) is 21.2. The number of rotatable bonds is 13. The van der Waals surface area contributed by atoms with E-state index < -0.39 is 6.10 Å². The highest BCUT2D eigenvalue weighted by atomic mass is 16.3. The molecule has 0 aromatic rings. The average molecular weight is 406 g/mol. The first-order valence-corrected chi connectivity index (χ1v) is 11.9. The third-order valence-corrected chi connectivity index (χ3v) is 6.75. The van der Waals surface area contributed by atoms with Gasteiger partial charge in [0.1, 0.15) is 0 Å². The highest BCUT2D eigenvalue weighted by Gasteiger charge is 2.43. The van der Waals surface area contributed by atoms with Crippen molar-refractivity contribution in [2.24, 2.45) is 23.7 Å². The molecule has 166 valence electrons. The van der Waals surface area contributed by atoms with E-state index in [9.17, 15) is 15.0 Å². The zero-order valence-corrected chi connectivity index (χ0v) is 18.8. The second kappa shape index (κ2) is 12.5. The summed E-state index contributed by atoms with van der Waals surface area (Å²) in [5, 5.41) is 23.7. The van der Waals surface area contributed by atoms with Crippen molar-refractivity contribution in [1.29, 1.82) is 0 Å². The molecule has 29 heavy (non-hydrogen) atoms. The van der Waals surface area contributed by atoms with Crippen molar-refractivity contribution in [2.75, 3.05) is 6.54 Å². The topological polar surface area (TPSA) is 69.6 Å². The van der Waals surface area contributed by atoms with Gasteiger partial charge in [-0.25, -0.2) is 0 Å². The zero-order valence-electron chi connectivity index (χ0n) is 18.8. The molecule has 0 radical (unpaired) electrons. The lowest BCUT2D eigenvalue weighted by Gasteiger charge is -2.19. The number of hydrogen-bond acceptors (Lipinski definition) is 3. The molecular formula is C25H43NO3. The van der Waals surface area contributed by atoms with E-state index >= 15 is 0 Å². The minimum absolute atomic E-state index is 0.0505. The number of allylic oxidation sites excluding steroid dienone is 2. The molecule has 3 N–H and O–H groups in total. The van der Waals surface area contributed by atoms with Crippen molar-refractivity contribution in [1.82, 2.24) is 5.32 Å². The summed E-state index contributed by atoms with van der Waals surface area (Å²) < 4.78 is 0. The Kier molecular flexibility index (Phi) is 10.4. The van der Waals surface area contributed by atoms with Gasteiger partial charge in [0.05, 0.1) is 12.2 Å². The van der Waals surface area contributed by atoms with Gasteiger partial charge in [-0.05, 0) is 56.3 Å². The Hall–Kier alpha value is -1.13. The molecule has 0 heterocycles. The van der Waals surface area contributed by atoms with Crippen molar-refractivity contribution < 1.29 is 15.0 Å². The molecule has 0 saturated heterocycles. The molecule has 1 saturated carbocycles. The van der Waals surface area contributed by atoms with E-state index in [2.05, 4.69) is 31.3 Å². The highest BCUT2D eigenvalue weighted by Crippen LogP contribution is 2.48. The molecule has 0 spiro atoms. The molecule has 0 aromatic heterocycles. The number of fused-ring (bicyclic) bond motifs is 1. The molecule has 4 nitrogen and oxygen atoms in total. The minimum atomic E-state index is -0.398. The molecular weight excluding hydrogens is 362 g/mol.